The van der Waals surface area contributed by atoms with Crippen molar-refractivity contribution >= 4 is 39.5 Å². The lowest BCUT2D eigenvalue weighted by atomic mass is 10.0. The lowest BCUT2D eigenvalue weighted by Crippen LogP contribution is -2.30. The third-order valence-electron chi connectivity index (χ3n) is 18.0. The Hall–Kier alpha value is -1.94. The average molecular weight is 1410 g/mol. The van der Waals surface area contributed by atoms with Crippen LogP contribution >= 0.6 is 15.6 Å². The van der Waals surface area contributed by atoms with Gasteiger partial charge in [0.25, 0.3) is 0 Å². The van der Waals surface area contributed by atoms with Crippen molar-refractivity contribution in [2.24, 2.45) is 11.8 Å². The van der Waals surface area contributed by atoms with Crippen LogP contribution in [0.1, 0.15) is 401 Å². The van der Waals surface area contributed by atoms with E-state index in [-0.39, 0.29) is 25.7 Å². The van der Waals surface area contributed by atoms with Gasteiger partial charge < -0.3 is 33.8 Å². The van der Waals surface area contributed by atoms with Crippen LogP contribution < -0.4 is 0 Å². The minimum absolute atomic E-state index is 0.105. The first-order valence-corrected chi connectivity index (χ1v) is 43.0. The van der Waals surface area contributed by atoms with E-state index in [0.29, 0.717) is 25.7 Å². The summed E-state index contributed by atoms with van der Waals surface area (Å²) >= 11 is 0. The predicted molar refractivity (Wildman–Crippen MR) is 391 cm³/mol. The van der Waals surface area contributed by atoms with Gasteiger partial charge in [0.15, 0.2) is 12.2 Å². The van der Waals surface area contributed by atoms with Crippen molar-refractivity contribution in [2.45, 2.75) is 419 Å². The SMILES string of the molecule is CCCCCCCCCCCCCCCCCCCC(=O)OC[C@H](COP(=O)(O)OC[C@@H](O)COP(=O)(O)OC[C@@H](COC(=O)CCCCCCCCCCCC)OC(=O)CCCCCCCCCCC(C)C)OC(=O)CCCCCCCCCCCCCCCCCC(C)C. The molecule has 0 spiro atoms. The van der Waals surface area contributed by atoms with Crippen LogP contribution in [0, 0.1) is 11.8 Å². The molecule has 570 valence electrons. The second-order valence-corrected chi connectivity index (χ2v) is 31.6. The molecule has 0 aromatic heterocycles. The summed E-state index contributed by atoms with van der Waals surface area (Å²) in [5, 5.41) is 10.6. The fourth-order valence-corrected chi connectivity index (χ4v) is 13.4. The Morgan fingerprint density at radius 2 is 0.479 bits per heavy atom. The van der Waals surface area contributed by atoms with E-state index in [2.05, 4.69) is 41.5 Å². The number of hydrogen-bond donors (Lipinski definition) is 3. The number of esters is 4. The topological polar surface area (TPSA) is 237 Å². The highest BCUT2D eigenvalue weighted by atomic mass is 31.2. The third-order valence-corrected chi connectivity index (χ3v) is 19.9. The van der Waals surface area contributed by atoms with E-state index >= 15 is 0 Å². The highest BCUT2D eigenvalue weighted by Crippen LogP contribution is 2.45. The molecule has 0 aromatic carbocycles. The van der Waals surface area contributed by atoms with Gasteiger partial charge in [-0.25, -0.2) is 9.13 Å². The number of aliphatic hydroxyl groups excluding tert-OH is 1. The van der Waals surface area contributed by atoms with E-state index in [1.165, 1.54) is 218 Å². The molecule has 0 saturated carbocycles. The first-order chi connectivity index (χ1) is 46.4. The molecule has 17 nitrogen and oxygen atoms in total. The fourth-order valence-electron chi connectivity index (χ4n) is 11.8. The minimum atomic E-state index is -4.96. The zero-order valence-corrected chi connectivity index (χ0v) is 64.5. The van der Waals surface area contributed by atoms with Crippen LogP contribution in [0.2, 0.25) is 0 Å². The minimum Gasteiger partial charge on any atom is -0.462 e. The Morgan fingerprint density at radius 3 is 0.708 bits per heavy atom. The van der Waals surface area contributed by atoms with Gasteiger partial charge in [-0.2, -0.15) is 0 Å². The Kier molecular flexibility index (Phi) is 67.4. The van der Waals surface area contributed by atoms with Gasteiger partial charge >= 0.3 is 39.5 Å². The lowest BCUT2D eigenvalue weighted by Gasteiger charge is -2.21. The molecule has 0 heterocycles. The number of phosphoric ester groups is 2. The van der Waals surface area contributed by atoms with Crippen molar-refractivity contribution in [2.75, 3.05) is 39.6 Å². The van der Waals surface area contributed by atoms with E-state index in [1.807, 2.05) is 0 Å². The summed E-state index contributed by atoms with van der Waals surface area (Å²) < 4.78 is 68.5. The molecule has 0 radical (unpaired) electrons. The quantitative estimate of drug-likeness (QED) is 0.0222. The van der Waals surface area contributed by atoms with Gasteiger partial charge in [-0.15, -0.1) is 0 Å². The summed E-state index contributed by atoms with van der Waals surface area (Å²) in [6, 6.07) is 0. The van der Waals surface area contributed by atoms with Crippen LogP contribution in [0.25, 0.3) is 0 Å². The third kappa shape index (κ3) is 70.5. The summed E-state index contributed by atoms with van der Waals surface area (Å²) in [6.07, 6.45) is 56.9. The molecule has 3 N–H and O–H groups in total. The molecule has 0 amide bonds. The Bertz CT molecular complexity index is 1860. The van der Waals surface area contributed by atoms with E-state index in [9.17, 15) is 43.2 Å². The van der Waals surface area contributed by atoms with E-state index in [4.69, 9.17) is 37.0 Å². The Balaban J connectivity index is 5.22. The van der Waals surface area contributed by atoms with Crippen LogP contribution in [0.4, 0.5) is 0 Å². The number of hydrogen-bond acceptors (Lipinski definition) is 15. The molecule has 0 rings (SSSR count). The summed E-state index contributed by atoms with van der Waals surface area (Å²) in [4.78, 5) is 72.8. The molecule has 0 aliphatic carbocycles. The Labute approximate surface area is 588 Å². The number of phosphoric acid groups is 2. The van der Waals surface area contributed by atoms with E-state index in [1.54, 1.807) is 0 Å². The van der Waals surface area contributed by atoms with Gasteiger partial charge in [0.2, 0.25) is 0 Å². The molecule has 0 fully saturated rings. The largest absolute Gasteiger partial charge is 0.472 e. The summed E-state index contributed by atoms with van der Waals surface area (Å²) in [6.45, 7) is 9.58. The number of unbranched alkanes of at least 4 members (excludes halogenated alkanes) is 46. The zero-order chi connectivity index (χ0) is 70.7. The number of rotatable bonds is 76. The van der Waals surface area contributed by atoms with Crippen molar-refractivity contribution in [3.63, 3.8) is 0 Å². The maximum Gasteiger partial charge on any atom is 0.472 e. The maximum absolute atomic E-state index is 13.1. The number of aliphatic hydroxyl groups is 1. The predicted octanol–water partition coefficient (Wildman–Crippen LogP) is 22.7. The molecule has 0 aliphatic rings. The number of carbonyl (C=O) groups excluding carboxylic acids is 4. The van der Waals surface area contributed by atoms with Crippen LogP contribution in [0.5, 0.6) is 0 Å². The van der Waals surface area contributed by atoms with Gasteiger partial charge in [0.1, 0.15) is 19.3 Å². The summed E-state index contributed by atoms with van der Waals surface area (Å²) in [7, 11) is -9.91. The van der Waals surface area contributed by atoms with Crippen molar-refractivity contribution in [3.05, 3.63) is 0 Å². The summed E-state index contributed by atoms with van der Waals surface area (Å²) in [5.74, 6) is -0.594. The van der Waals surface area contributed by atoms with Gasteiger partial charge in [0, 0.05) is 25.7 Å². The number of ether oxygens (including phenoxy) is 4. The van der Waals surface area contributed by atoms with Crippen LogP contribution in [-0.4, -0.2) is 96.7 Å². The average Bonchev–Trinajstić information content (AvgIpc) is 1.62. The van der Waals surface area contributed by atoms with Gasteiger partial charge in [-0.1, -0.05) is 350 Å². The second-order valence-electron chi connectivity index (χ2n) is 28.7. The van der Waals surface area contributed by atoms with Crippen molar-refractivity contribution in [1.82, 2.24) is 0 Å². The van der Waals surface area contributed by atoms with Gasteiger partial charge in [-0.05, 0) is 37.5 Å². The second kappa shape index (κ2) is 68.8. The van der Waals surface area contributed by atoms with Crippen LogP contribution in [-0.2, 0) is 65.4 Å². The zero-order valence-electron chi connectivity index (χ0n) is 62.7. The molecule has 5 atom stereocenters. The summed E-state index contributed by atoms with van der Waals surface area (Å²) in [5.41, 5.74) is 0. The molecule has 2 unspecified atom stereocenters. The standard InChI is InChI=1S/C77H150O17P2/c1-7-9-11-13-15-17-19-20-21-22-25-28-31-35-42-48-54-60-75(80)88-65-72(93-76(81)61-55-49-43-36-32-29-26-23-24-27-30-33-39-45-51-57-69(3)4)67-91-95(83,84)89-63-71(78)64-90-96(85,86)92-68-73(66-87-74(79)59-53-47-41-34-18-16-14-12-10-8-2)94-77(82)62-56-50-44-38-37-40-46-52-58-70(5)6/h69-73,78H,7-68H2,1-6H3,(H,83,84)(H,85,86)/t71-,72-,73-/m1/s1. The highest BCUT2D eigenvalue weighted by molar-refractivity contribution is 7.47. The first-order valence-electron chi connectivity index (χ1n) is 40.0. The molecule has 19 heteroatoms. The maximum atomic E-state index is 13.1. The first kappa shape index (κ1) is 94.1. The van der Waals surface area contributed by atoms with Crippen molar-refractivity contribution < 1.29 is 80.2 Å². The number of carbonyl (C=O) groups is 4. The van der Waals surface area contributed by atoms with Gasteiger partial charge in [0.05, 0.1) is 26.4 Å². The Morgan fingerprint density at radius 1 is 0.281 bits per heavy atom. The molecule has 0 aromatic rings. The monoisotopic (exact) mass is 1410 g/mol. The fraction of sp³-hybridized carbons (Fsp3) is 0.948. The van der Waals surface area contributed by atoms with E-state index in [0.717, 1.165) is 102 Å². The van der Waals surface area contributed by atoms with Gasteiger partial charge in [-0.3, -0.25) is 37.3 Å². The smallest absolute Gasteiger partial charge is 0.462 e. The van der Waals surface area contributed by atoms with E-state index < -0.39 is 97.5 Å². The lowest BCUT2D eigenvalue weighted by molar-refractivity contribution is -0.161. The molecule has 96 heavy (non-hydrogen) atoms. The molecule has 0 saturated heterocycles. The van der Waals surface area contributed by atoms with Crippen LogP contribution in [0.3, 0.4) is 0 Å². The normalized spacial score (nSPS) is 14.0. The highest BCUT2D eigenvalue weighted by Gasteiger charge is 2.30. The molecule has 0 aliphatic heterocycles. The molecular formula is C77H150O17P2. The van der Waals surface area contributed by atoms with Crippen molar-refractivity contribution in [3.8, 4) is 0 Å². The van der Waals surface area contributed by atoms with Crippen molar-refractivity contribution in [1.29, 1.82) is 0 Å². The molecule has 0 bridgehead atoms. The van der Waals surface area contributed by atoms with Crippen LogP contribution in [0.15, 0.2) is 0 Å². The molecular weight excluding hydrogens is 1260 g/mol.